The number of nitrogens with zero attached hydrogens (tertiary/aromatic N) is 2. The molecule has 0 saturated carbocycles. The summed E-state index contributed by atoms with van der Waals surface area (Å²) in [6.07, 6.45) is 1.76. The van der Waals surface area contributed by atoms with Crippen LogP contribution in [0.25, 0.3) is 0 Å². The van der Waals surface area contributed by atoms with Crippen LogP contribution in [0.4, 0.5) is 11.4 Å². The highest BCUT2D eigenvalue weighted by Crippen LogP contribution is 2.60. The van der Waals surface area contributed by atoms with Crippen molar-refractivity contribution in [3.63, 3.8) is 0 Å². The second kappa shape index (κ2) is 5.54. The van der Waals surface area contributed by atoms with Gasteiger partial charge in [0.2, 0.25) is 17.7 Å². The van der Waals surface area contributed by atoms with Crippen LogP contribution in [-0.2, 0) is 19.9 Å². The minimum absolute atomic E-state index is 0.0811. The molecule has 4 aliphatic rings. The maximum Gasteiger partial charge on any atom is 0.250 e. The number of imide groups is 1. The Morgan fingerprint density at radius 3 is 2.62 bits per heavy atom. The summed E-state index contributed by atoms with van der Waals surface area (Å²) in [5, 5.41) is 3.01. The highest BCUT2D eigenvalue weighted by Gasteiger charge is 2.74. The molecule has 6 heteroatoms. The second-order valence-corrected chi connectivity index (χ2v) is 8.52. The maximum absolute atomic E-state index is 13.7. The fourth-order valence-corrected chi connectivity index (χ4v) is 6.15. The third-order valence-corrected chi connectivity index (χ3v) is 7.16. The molecule has 2 aromatic rings. The average Bonchev–Trinajstić information content (AvgIpc) is 3.41. The molecule has 0 aliphatic carbocycles. The first-order valence-corrected chi connectivity index (χ1v) is 10.2. The number of carbonyl (C=O) groups is 3. The van der Waals surface area contributed by atoms with Crippen molar-refractivity contribution < 1.29 is 14.4 Å². The lowest BCUT2D eigenvalue weighted by Crippen LogP contribution is -2.54. The minimum Gasteiger partial charge on any atom is -0.324 e. The van der Waals surface area contributed by atoms with E-state index >= 15 is 0 Å². The molecule has 0 aromatic heterocycles. The predicted octanol–water partition coefficient (Wildman–Crippen LogP) is 2.43. The summed E-state index contributed by atoms with van der Waals surface area (Å²) in [5.74, 6) is -1.78. The van der Waals surface area contributed by atoms with Gasteiger partial charge >= 0.3 is 0 Å². The van der Waals surface area contributed by atoms with Gasteiger partial charge in [0.25, 0.3) is 0 Å². The van der Waals surface area contributed by atoms with Gasteiger partial charge in [0, 0.05) is 17.3 Å². The zero-order valence-corrected chi connectivity index (χ0v) is 16.1. The Kier molecular flexibility index (Phi) is 3.23. The third kappa shape index (κ3) is 1.88. The summed E-state index contributed by atoms with van der Waals surface area (Å²) < 4.78 is 0. The molecule has 29 heavy (non-hydrogen) atoms. The molecule has 6 nitrogen and oxygen atoms in total. The van der Waals surface area contributed by atoms with E-state index in [9.17, 15) is 14.4 Å². The van der Waals surface area contributed by atoms with E-state index in [1.807, 2.05) is 43.3 Å². The zero-order chi connectivity index (χ0) is 19.9. The monoisotopic (exact) mass is 387 g/mol. The Bertz CT molecular complexity index is 1080. The number of benzene rings is 2. The smallest absolute Gasteiger partial charge is 0.250 e. The number of rotatable bonds is 1. The molecule has 4 atom stereocenters. The van der Waals surface area contributed by atoms with Crippen molar-refractivity contribution in [2.45, 2.75) is 31.3 Å². The standard InChI is InChI=1S/C23H21N3O3/c1-13-9-10-16-15(12-13)23(22(29)24-16)19-18(17-8-5-11-25(17)23)20(27)26(21(19)28)14-6-3-2-4-7-14/h2-4,6-7,9-10,12,17-19H,5,8,11H2,1H3,(H,24,29)/t17-,18-,19-,23+/m1/s1. The second-order valence-electron chi connectivity index (χ2n) is 8.52. The van der Waals surface area contributed by atoms with Crippen LogP contribution in [0.1, 0.15) is 24.0 Å². The van der Waals surface area contributed by atoms with Gasteiger partial charge in [0.15, 0.2) is 0 Å². The van der Waals surface area contributed by atoms with Crippen molar-refractivity contribution in [3.8, 4) is 0 Å². The van der Waals surface area contributed by atoms with Crippen LogP contribution >= 0.6 is 0 Å². The van der Waals surface area contributed by atoms with Crippen molar-refractivity contribution in [1.29, 1.82) is 0 Å². The number of hydrogen-bond donors (Lipinski definition) is 1. The molecular formula is C23H21N3O3. The van der Waals surface area contributed by atoms with Crippen molar-refractivity contribution in [2.75, 3.05) is 16.8 Å². The topological polar surface area (TPSA) is 69.7 Å². The van der Waals surface area contributed by atoms with Gasteiger partial charge in [-0.1, -0.05) is 35.9 Å². The molecular weight excluding hydrogens is 366 g/mol. The molecule has 4 aliphatic heterocycles. The number of amides is 3. The number of hydrogen-bond acceptors (Lipinski definition) is 4. The lowest BCUT2D eigenvalue weighted by Gasteiger charge is -2.36. The zero-order valence-electron chi connectivity index (χ0n) is 16.1. The Morgan fingerprint density at radius 2 is 1.83 bits per heavy atom. The van der Waals surface area contributed by atoms with Gasteiger partial charge in [0.1, 0.15) is 5.54 Å². The van der Waals surface area contributed by atoms with Gasteiger partial charge in [-0.2, -0.15) is 0 Å². The fourth-order valence-electron chi connectivity index (χ4n) is 6.15. The Balaban J connectivity index is 1.58. The van der Waals surface area contributed by atoms with E-state index in [-0.39, 0.29) is 23.8 Å². The number of para-hydroxylation sites is 1. The summed E-state index contributed by atoms with van der Waals surface area (Å²) in [6, 6.07) is 14.9. The van der Waals surface area contributed by atoms with Crippen molar-refractivity contribution >= 4 is 29.1 Å². The van der Waals surface area contributed by atoms with Crippen LogP contribution < -0.4 is 10.2 Å². The molecule has 1 spiro atoms. The Morgan fingerprint density at radius 1 is 1.03 bits per heavy atom. The molecule has 3 amide bonds. The number of anilines is 2. The summed E-state index contributed by atoms with van der Waals surface area (Å²) >= 11 is 0. The van der Waals surface area contributed by atoms with E-state index in [0.717, 1.165) is 36.2 Å². The van der Waals surface area contributed by atoms with Crippen LogP contribution in [0.3, 0.4) is 0 Å². The molecule has 4 heterocycles. The molecule has 2 aromatic carbocycles. The molecule has 3 saturated heterocycles. The van der Waals surface area contributed by atoms with Gasteiger partial charge in [-0.05, 0) is 44.5 Å². The molecule has 0 radical (unpaired) electrons. The van der Waals surface area contributed by atoms with Crippen molar-refractivity contribution in [3.05, 3.63) is 59.7 Å². The van der Waals surface area contributed by atoms with E-state index in [0.29, 0.717) is 5.69 Å². The van der Waals surface area contributed by atoms with Gasteiger partial charge in [-0.15, -0.1) is 0 Å². The summed E-state index contributed by atoms with van der Waals surface area (Å²) in [4.78, 5) is 44.2. The molecule has 1 N–H and O–H groups in total. The average molecular weight is 387 g/mol. The van der Waals surface area contributed by atoms with Crippen LogP contribution in [0.2, 0.25) is 0 Å². The van der Waals surface area contributed by atoms with Gasteiger partial charge in [0.05, 0.1) is 17.5 Å². The minimum atomic E-state index is -1.09. The summed E-state index contributed by atoms with van der Waals surface area (Å²) in [7, 11) is 0. The van der Waals surface area contributed by atoms with E-state index in [4.69, 9.17) is 0 Å². The Labute approximate surface area is 168 Å². The lowest BCUT2D eigenvalue weighted by molar-refractivity contribution is -0.135. The van der Waals surface area contributed by atoms with E-state index in [1.54, 1.807) is 12.1 Å². The van der Waals surface area contributed by atoms with E-state index in [1.165, 1.54) is 4.90 Å². The highest BCUT2D eigenvalue weighted by atomic mass is 16.2. The molecule has 6 rings (SSSR count). The quantitative estimate of drug-likeness (QED) is 0.763. The first kappa shape index (κ1) is 16.9. The molecule has 3 fully saturated rings. The predicted molar refractivity (Wildman–Crippen MR) is 107 cm³/mol. The first-order chi connectivity index (χ1) is 14.0. The van der Waals surface area contributed by atoms with Crippen molar-refractivity contribution in [1.82, 2.24) is 4.90 Å². The highest BCUT2D eigenvalue weighted by molar-refractivity contribution is 6.25. The first-order valence-electron chi connectivity index (χ1n) is 10.2. The summed E-state index contributed by atoms with van der Waals surface area (Å²) in [6.45, 7) is 2.72. The fraction of sp³-hybridized carbons (Fsp3) is 0.348. The van der Waals surface area contributed by atoms with Gasteiger partial charge in [-0.25, -0.2) is 4.90 Å². The van der Waals surface area contributed by atoms with Gasteiger partial charge < -0.3 is 5.32 Å². The van der Waals surface area contributed by atoms with Crippen molar-refractivity contribution in [2.24, 2.45) is 11.8 Å². The van der Waals surface area contributed by atoms with E-state index < -0.39 is 17.4 Å². The lowest BCUT2D eigenvalue weighted by atomic mass is 9.75. The number of fused-ring (bicyclic) bond motifs is 7. The molecule has 146 valence electrons. The van der Waals surface area contributed by atoms with Crippen LogP contribution in [0.5, 0.6) is 0 Å². The number of aryl methyl sites for hydroxylation is 1. The number of nitrogens with one attached hydrogen (secondary N) is 1. The molecule has 0 unspecified atom stereocenters. The maximum atomic E-state index is 13.7. The summed E-state index contributed by atoms with van der Waals surface area (Å²) in [5.41, 5.74) is 2.13. The normalized spacial score (nSPS) is 32.7. The van der Waals surface area contributed by atoms with Crippen LogP contribution in [0, 0.1) is 18.8 Å². The largest absolute Gasteiger partial charge is 0.324 e. The SMILES string of the molecule is Cc1ccc2c(c1)[C@@]1(C(=O)N2)[C@H]2C(=O)N(c3ccccc3)C(=O)[C@@H]2[C@H]2CCCN21. The van der Waals surface area contributed by atoms with Crippen LogP contribution in [0.15, 0.2) is 48.5 Å². The van der Waals surface area contributed by atoms with Gasteiger partial charge in [-0.3, -0.25) is 19.3 Å². The van der Waals surface area contributed by atoms with Crippen LogP contribution in [-0.4, -0.2) is 35.2 Å². The van der Waals surface area contributed by atoms with E-state index in [2.05, 4.69) is 10.2 Å². The third-order valence-electron chi connectivity index (χ3n) is 7.16. The molecule has 0 bridgehead atoms. The number of carbonyl (C=O) groups excluding carboxylic acids is 3. The Hall–Kier alpha value is -2.99.